The van der Waals surface area contributed by atoms with Crippen molar-refractivity contribution in [2.75, 3.05) is 14.2 Å². The smallest absolute Gasteiger partial charge is 0.246 e. The summed E-state index contributed by atoms with van der Waals surface area (Å²) in [6.45, 7) is 3.89. The quantitative estimate of drug-likeness (QED) is 0.844. The standard InChI is InChI=1S/C16H25N3O3/c1-10-12(11(2)19(4)17-10)6-9-15(20)18(3)13-7-8-14(22-5)16(13)21/h6,9,13-14,16,21H,7-8H2,1-5H3/b9-6+/t13-,14-,16-/m1/s1. The Bertz CT molecular complexity index is 579. The van der Waals surface area contributed by atoms with Gasteiger partial charge in [0.05, 0.1) is 17.8 Å². The summed E-state index contributed by atoms with van der Waals surface area (Å²) in [6, 6.07) is -0.196. The van der Waals surface area contributed by atoms with E-state index in [1.807, 2.05) is 20.9 Å². The summed E-state index contributed by atoms with van der Waals surface area (Å²) in [5.74, 6) is -0.122. The fraction of sp³-hybridized carbons (Fsp3) is 0.625. The second-order valence-electron chi connectivity index (χ2n) is 5.90. The van der Waals surface area contributed by atoms with Crippen molar-refractivity contribution in [1.82, 2.24) is 14.7 Å². The third-order valence-corrected chi connectivity index (χ3v) is 4.63. The summed E-state index contributed by atoms with van der Waals surface area (Å²) in [6.07, 6.45) is 4.04. The number of aliphatic hydroxyl groups is 1. The number of rotatable bonds is 4. The average Bonchev–Trinajstić information content (AvgIpc) is 2.97. The molecule has 0 saturated heterocycles. The van der Waals surface area contributed by atoms with Crippen LogP contribution in [0.3, 0.4) is 0 Å². The summed E-state index contributed by atoms with van der Waals surface area (Å²) >= 11 is 0. The van der Waals surface area contributed by atoms with E-state index in [0.29, 0.717) is 0 Å². The van der Waals surface area contributed by atoms with Crippen molar-refractivity contribution < 1.29 is 14.6 Å². The minimum absolute atomic E-state index is 0.122. The van der Waals surface area contributed by atoms with Crippen LogP contribution in [0.2, 0.25) is 0 Å². The van der Waals surface area contributed by atoms with Crippen LogP contribution in [0, 0.1) is 13.8 Å². The van der Waals surface area contributed by atoms with E-state index in [-0.39, 0.29) is 18.1 Å². The summed E-state index contributed by atoms with van der Waals surface area (Å²) < 4.78 is 7.03. The lowest BCUT2D eigenvalue weighted by atomic mass is 10.1. The van der Waals surface area contributed by atoms with E-state index in [1.54, 1.807) is 35.9 Å². The van der Waals surface area contributed by atoms with Crippen LogP contribution in [-0.4, -0.2) is 58.1 Å². The molecule has 0 aliphatic heterocycles. The first-order valence-electron chi connectivity index (χ1n) is 7.52. The zero-order valence-electron chi connectivity index (χ0n) is 13.9. The van der Waals surface area contributed by atoms with Gasteiger partial charge in [-0.15, -0.1) is 0 Å². The molecule has 1 aromatic rings. The molecule has 0 aromatic carbocycles. The topological polar surface area (TPSA) is 67.6 Å². The maximum atomic E-state index is 12.3. The van der Waals surface area contributed by atoms with Crippen LogP contribution in [0.5, 0.6) is 0 Å². The number of aromatic nitrogens is 2. The monoisotopic (exact) mass is 307 g/mol. The van der Waals surface area contributed by atoms with Crippen LogP contribution in [0.1, 0.15) is 29.8 Å². The van der Waals surface area contributed by atoms with Gasteiger partial charge in [-0.25, -0.2) is 0 Å². The van der Waals surface area contributed by atoms with Gasteiger partial charge in [0.15, 0.2) is 0 Å². The number of carbonyl (C=O) groups is 1. The van der Waals surface area contributed by atoms with Gasteiger partial charge in [0.25, 0.3) is 0 Å². The van der Waals surface area contributed by atoms with Gasteiger partial charge in [-0.3, -0.25) is 9.48 Å². The molecular formula is C16H25N3O3. The third kappa shape index (κ3) is 3.08. The van der Waals surface area contributed by atoms with Crippen LogP contribution in [0.25, 0.3) is 6.08 Å². The van der Waals surface area contributed by atoms with Gasteiger partial charge in [0.2, 0.25) is 5.91 Å². The van der Waals surface area contributed by atoms with E-state index < -0.39 is 6.10 Å². The first-order chi connectivity index (χ1) is 10.4. The molecule has 1 N–H and O–H groups in total. The van der Waals surface area contributed by atoms with E-state index in [0.717, 1.165) is 29.8 Å². The van der Waals surface area contributed by atoms with Gasteiger partial charge in [0.1, 0.15) is 6.10 Å². The van der Waals surface area contributed by atoms with Crippen molar-refractivity contribution in [3.05, 3.63) is 23.0 Å². The number of likely N-dealkylation sites (N-methyl/N-ethyl adjacent to an activating group) is 1. The van der Waals surface area contributed by atoms with Gasteiger partial charge in [-0.1, -0.05) is 0 Å². The van der Waals surface area contributed by atoms with Crippen molar-refractivity contribution >= 4 is 12.0 Å². The summed E-state index contributed by atoms with van der Waals surface area (Å²) in [4.78, 5) is 13.9. The second kappa shape index (κ2) is 6.62. The summed E-state index contributed by atoms with van der Waals surface area (Å²) in [5.41, 5.74) is 2.88. The molecule has 0 spiro atoms. The Morgan fingerprint density at radius 3 is 2.64 bits per heavy atom. The van der Waals surface area contributed by atoms with E-state index in [4.69, 9.17) is 4.74 Å². The van der Waals surface area contributed by atoms with Gasteiger partial charge in [-0.2, -0.15) is 5.10 Å². The number of hydrogen-bond donors (Lipinski definition) is 1. The minimum Gasteiger partial charge on any atom is -0.388 e. The van der Waals surface area contributed by atoms with Crippen LogP contribution < -0.4 is 0 Å². The molecule has 3 atom stereocenters. The predicted molar refractivity (Wildman–Crippen MR) is 84.3 cm³/mol. The molecule has 122 valence electrons. The first kappa shape index (κ1) is 16.7. The average molecular weight is 307 g/mol. The molecule has 0 radical (unpaired) electrons. The maximum absolute atomic E-state index is 12.3. The molecule has 1 aromatic heterocycles. The zero-order chi connectivity index (χ0) is 16.4. The van der Waals surface area contributed by atoms with Crippen molar-refractivity contribution in [1.29, 1.82) is 0 Å². The first-order valence-corrected chi connectivity index (χ1v) is 7.52. The van der Waals surface area contributed by atoms with E-state index in [9.17, 15) is 9.90 Å². The van der Waals surface area contributed by atoms with E-state index in [1.165, 1.54) is 0 Å². The van der Waals surface area contributed by atoms with Crippen LogP contribution in [0.15, 0.2) is 6.08 Å². The van der Waals surface area contributed by atoms with E-state index >= 15 is 0 Å². The molecule has 1 fully saturated rings. The number of nitrogens with zero attached hydrogens (tertiary/aromatic N) is 3. The number of hydrogen-bond acceptors (Lipinski definition) is 4. The Morgan fingerprint density at radius 2 is 2.14 bits per heavy atom. The van der Waals surface area contributed by atoms with E-state index in [2.05, 4.69) is 5.10 Å². The molecule has 0 unspecified atom stereocenters. The van der Waals surface area contributed by atoms with Crippen molar-refractivity contribution in [3.63, 3.8) is 0 Å². The highest BCUT2D eigenvalue weighted by atomic mass is 16.5. The molecular weight excluding hydrogens is 282 g/mol. The predicted octanol–water partition coefficient (Wildman–Crippen LogP) is 1.05. The number of aryl methyl sites for hydroxylation is 2. The fourth-order valence-corrected chi connectivity index (χ4v) is 3.07. The number of amides is 1. The zero-order valence-corrected chi connectivity index (χ0v) is 13.9. The molecule has 0 bridgehead atoms. The van der Waals surface area contributed by atoms with Gasteiger partial charge < -0.3 is 14.7 Å². The van der Waals surface area contributed by atoms with Gasteiger partial charge in [-0.05, 0) is 32.8 Å². The SMILES string of the molecule is CO[C@@H]1CC[C@@H](N(C)C(=O)/C=C/c2c(C)nn(C)c2C)[C@H]1O. The highest BCUT2D eigenvalue weighted by Crippen LogP contribution is 2.26. The maximum Gasteiger partial charge on any atom is 0.246 e. The van der Waals surface area contributed by atoms with Crippen LogP contribution in [0.4, 0.5) is 0 Å². The lowest BCUT2D eigenvalue weighted by Gasteiger charge is -2.27. The molecule has 1 aliphatic rings. The van der Waals surface area contributed by atoms with Gasteiger partial charge >= 0.3 is 0 Å². The molecule has 1 aliphatic carbocycles. The lowest BCUT2D eigenvalue weighted by Crippen LogP contribution is -2.44. The van der Waals surface area contributed by atoms with Crippen molar-refractivity contribution in [2.24, 2.45) is 7.05 Å². The highest BCUT2D eigenvalue weighted by molar-refractivity contribution is 5.92. The number of methoxy groups -OCH3 is 1. The third-order valence-electron chi connectivity index (χ3n) is 4.63. The lowest BCUT2D eigenvalue weighted by molar-refractivity contribution is -0.129. The van der Waals surface area contributed by atoms with Crippen molar-refractivity contribution in [3.8, 4) is 0 Å². The molecule has 2 rings (SSSR count). The summed E-state index contributed by atoms with van der Waals surface area (Å²) in [7, 11) is 5.20. The van der Waals surface area contributed by atoms with Crippen LogP contribution >= 0.6 is 0 Å². The summed E-state index contributed by atoms with van der Waals surface area (Å²) in [5, 5.41) is 14.5. The Balaban J connectivity index is 2.07. The largest absolute Gasteiger partial charge is 0.388 e. The van der Waals surface area contributed by atoms with Crippen molar-refractivity contribution in [2.45, 2.75) is 44.9 Å². The molecule has 1 heterocycles. The normalized spacial score (nSPS) is 25.1. The Labute approximate surface area is 131 Å². The number of carbonyl (C=O) groups excluding carboxylic acids is 1. The molecule has 6 heteroatoms. The fourth-order valence-electron chi connectivity index (χ4n) is 3.07. The highest BCUT2D eigenvalue weighted by Gasteiger charge is 2.38. The molecule has 1 amide bonds. The van der Waals surface area contributed by atoms with Gasteiger partial charge in [0, 0.05) is 38.5 Å². The van der Waals surface area contributed by atoms with Crippen LogP contribution in [-0.2, 0) is 16.6 Å². The number of ether oxygens (including phenoxy) is 1. The minimum atomic E-state index is -0.630. The molecule has 6 nitrogen and oxygen atoms in total. The molecule has 22 heavy (non-hydrogen) atoms. The Hall–Kier alpha value is -1.66. The Morgan fingerprint density at radius 1 is 1.45 bits per heavy atom. The Kier molecular flexibility index (Phi) is 5.03. The molecule has 1 saturated carbocycles. The number of aliphatic hydroxyl groups excluding tert-OH is 1. The second-order valence-corrected chi connectivity index (χ2v) is 5.90.